The quantitative estimate of drug-likeness (QED) is 0.904. The van der Waals surface area contributed by atoms with Crippen molar-refractivity contribution < 1.29 is 9.90 Å². The summed E-state index contributed by atoms with van der Waals surface area (Å²) in [4.78, 5) is 13.6. The molecule has 3 rings (SSSR count). The number of hydrogen-bond donors (Lipinski definition) is 1. The second-order valence-corrected chi connectivity index (χ2v) is 5.87. The zero-order chi connectivity index (χ0) is 13.4. The molecule has 2 aliphatic carbocycles. The minimum absolute atomic E-state index is 0.456. The zero-order valence-corrected chi connectivity index (χ0v) is 11.4. The molecule has 19 heavy (non-hydrogen) atoms. The van der Waals surface area contributed by atoms with E-state index in [1.807, 2.05) is 18.0 Å². The lowest BCUT2D eigenvalue weighted by molar-refractivity contribution is -0.143. The molecule has 1 saturated carbocycles. The van der Waals surface area contributed by atoms with Crippen LogP contribution in [0, 0.1) is 0 Å². The fourth-order valence-corrected chi connectivity index (χ4v) is 3.17. The Kier molecular flexibility index (Phi) is 3.31. The maximum Gasteiger partial charge on any atom is 0.325 e. The highest BCUT2D eigenvalue weighted by Gasteiger charge is 2.35. The molecule has 0 amide bonds. The van der Waals surface area contributed by atoms with E-state index in [9.17, 15) is 9.90 Å². The van der Waals surface area contributed by atoms with E-state index >= 15 is 0 Å². The average molecular weight is 259 g/mol. The van der Waals surface area contributed by atoms with E-state index in [1.165, 1.54) is 24.0 Å². The van der Waals surface area contributed by atoms with Crippen LogP contribution in [-0.4, -0.2) is 29.1 Å². The summed E-state index contributed by atoms with van der Waals surface area (Å²) in [5, 5.41) is 9.54. The van der Waals surface area contributed by atoms with Crippen LogP contribution in [0.25, 0.3) is 0 Å². The van der Waals surface area contributed by atoms with Gasteiger partial charge in [0.25, 0.3) is 0 Å². The Morgan fingerprint density at radius 1 is 1.26 bits per heavy atom. The second-order valence-electron chi connectivity index (χ2n) is 5.87. The van der Waals surface area contributed by atoms with Crippen molar-refractivity contribution in [3.8, 4) is 0 Å². The Balaban J connectivity index is 1.91. The molecule has 0 saturated heterocycles. The van der Waals surface area contributed by atoms with Gasteiger partial charge in [0.15, 0.2) is 0 Å². The van der Waals surface area contributed by atoms with Gasteiger partial charge in [-0.15, -0.1) is 0 Å². The predicted molar refractivity (Wildman–Crippen MR) is 74.2 cm³/mol. The highest BCUT2D eigenvalue weighted by atomic mass is 16.4. The van der Waals surface area contributed by atoms with Crippen LogP contribution < -0.4 is 0 Å². The fraction of sp³-hybridized carbons (Fsp3) is 0.562. The van der Waals surface area contributed by atoms with Crippen molar-refractivity contribution in [2.24, 2.45) is 0 Å². The lowest BCUT2D eigenvalue weighted by atomic mass is 9.89. The Hall–Kier alpha value is -1.35. The largest absolute Gasteiger partial charge is 0.480 e. The van der Waals surface area contributed by atoms with Crippen molar-refractivity contribution >= 4 is 5.97 Å². The maximum atomic E-state index is 11.6. The van der Waals surface area contributed by atoms with E-state index in [0.717, 1.165) is 31.2 Å². The summed E-state index contributed by atoms with van der Waals surface area (Å²) < 4.78 is 0. The topological polar surface area (TPSA) is 40.5 Å². The molecule has 1 atom stereocenters. The van der Waals surface area contributed by atoms with Crippen LogP contribution in [0.2, 0.25) is 0 Å². The first-order valence-corrected chi connectivity index (χ1v) is 7.23. The van der Waals surface area contributed by atoms with Crippen molar-refractivity contribution in [2.45, 2.75) is 50.6 Å². The molecule has 1 aromatic rings. The summed E-state index contributed by atoms with van der Waals surface area (Å²) in [6.45, 7) is 0. The van der Waals surface area contributed by atoms with E-state index in [4.69, 9.17) is 0 Å². The second kappa shape index (κ2) is 4.97. The van der Waals surface area contributed by atoms with Crippen molar-refractivity contribution in [3.05, 3.63) is 34.9 Å². The number of nitrogens with zero attached hydrogens (tertiary/aromatic N) is 1. The maximum absolute atomic E-state index is 11.6. The molecule has 3 heteroatoms. The third-order valence-corrected chi connectivity index (χ3v) is 4.45. The van der Waals surface area contributed by atoms with Gasteiger partial charge in [0.1, 0.15) is 6.04 Å². The minimum Gasteiger partial charge on any atom is -0.480 e. The smallest absolute Gasteiger partial charge is 0.325 e. The Labute approximate surface area is 114 Å². The Morgan fingerprint density at radius 2 is 1.95 bits per heavy atom. The molecule has 0 aliphatic heterocycles. The van der Waals surface area contributed by atoms with Crippen LogP contribution in [-0.2, 0) is 17.6 Å². The molecular weight excluding hydrogens is 238 g/mol. The van der Waals surface area contributed by atoms with Gasteiger partial charge in [0, 0.05) is 6.04 Å². The Bertz CT molecular complexity index is 494. The number of carbonyl (C=O) groups is 1. The van der Waals surface area contributed by atoms with E-state index in [2.05, 4.69) is 12.1 Å². The molecule has 1 aromatic carbocycles. The van der Waals surface area contributed by atoms with Crippen LogP contribution in [0.15, 0.2) is 18.2 Å². The van der Waals surface area contributed by atoms with Gasteiger partial charge in [0.2, 0.25) is 0 Å². The van der Waals surface area contributed by atoms with Crippen molar-refractivity contribution in [1.82, 2.24) is 4.90 Å². The van der Waals surface area contributed by atoms with Gasteiger partial charge >= 0.3 is 5.97 Å². The standard InChI is InChI=1S/C16H21NO2/c1-17(14-8-9-14)15(16(18)19)13-7-6-11-4-2-3-5-12(11)10-13/h6-7,10,14-15H,2-5,8-9H2,1H3,(H,18,19). The van der Waals surface area contributed by atoms with Crippen LogP contribution in [0.4, 0.5) is 0 Å². The van der Waals surface area contributed by atoms with Gasteiger partial charge in [-0.25, -0.2) is 0 Å². The van der Waals surface area contributed by atoms with Crippen LogP contribution >= 0.6 is 0 Å². The number of fused-ring (bicyclic) bond motifs is 1. The molecule has 0 spiro atoms. The van der Waals surface area contributed by atoms with Gasteiger partial charge in [0.05, 0.1) is 0 Å². The molecule has 102 valence electrons. The first-order valence-electron chi connectivity index (χ1n) is 7.23. The molecule has 0 bridgehead atoms. The summed E-state index contributed by atoms with van der Waals surface area (Å²) in [5.41, 5.74) is 3.72. The molecular formula is C16H21NO2. The van der Waals surface area contributed by atoms with Gasteiger partial charge in [-0.05, 0) is 62.3 Å². The number of rotatable bonds is 4. The highest BCUT2D eigenvalue weighted by Crippen LogP contribution is 2.34. The lowest BCUT2D eigenvalue weighted by Gasteiger charge is -2.26. The molecule has 1 fully saturated rings. The highest BCUT2D eigenvalue weighted by molar-refractivity contribution is 5.75. The van der Waals surface area contributed by atoms with Gasteiger partial charge in [-0.1, -0.05) is 18.2 Å². The van der Waals surface area contributed by atoms with Crippen LogP contribution in [0.1, 0.15) is 48.4 Å². The first-order chi connectivity index (χ1) is 9.16. The number of carboxylic acid groups (broad SMARTS) is 1. The molecule has 0 aromatic heterocycles. The van der Waals surface area contributed by atoms with E-state index in [-0.39, 0.29) is 0 Å². The fourth-order valence-electron chi connectivity index (χ4n) is 3.17. The van der Waals surface area contributed by atoms with Gasteiger partial charge < -0.3 is 5.11 Å². The monoisotopic (exact) mass is 259 g/mol. The summed E-state index contributed by atoms with van der Waals surface area (Å²) in [5.74, 6) is -0.731. The number of aryl methyl sites for hydroxylation is 2. The average Bonchev–Trinajstić information content (AvgIpc) is 3.22. The summed E-state index contributed by atoms with van der Waals surface area (Å²) in [6.07, 6.45) is 6.99. The van der Waals surface area contributed by atoms with Gasteiger partial charge in [-0.3, -0.25) is 9.69 Å². The molecule has 0 heterocycles. The zero-order valence-electron chi connectivity index (χ0n) is 11.4. The summed E-state index contributed by atoms with van der Waals surface area (Å²) in [6, 6.07) is 6.26. The van der Waals surface area contributed by atoms with Crippen LogP contribution in [0.5, 0.6) is 0 Å². The van der Waals surface area contributed by atoms with E-state index in [0.29, 0.717) is 6.04 Å². The summed E-state index contributed by atoms with van der Waals surface area (Å²) >= 11 is 0. The third kappa shape index (κ3) is 2.52. The van der Waals surface area contributed by atoms with Crippen molar-refractivity contribution in [1.29, 1.82) is 0 Å². The number of likely N-dealkylation sites (N-methyl/N-ethyl adjacent to an activating group) is 1. The number of benzene rings is 1. The predicted octanol–water partition coefficient (Wildman–Crippen LogP) is 2.79. The van der Waals surface area contributed by atoms with E-state index < -0.39 is 12.0 Å². The molecule has 0 radical (unpaired) electrons. The molecule has 1 unspecified atom stereocenters. The van der Waals surface area contributed by atoms with E-state index in [1.54, 1.807) is 0 Å². The first kappa shape index (κ1) is 12.7. The normalized spacial score (nSPS) is 20.1. The molecule has 3 nitrogen and oxygen atoms in total. The van der Waals surface area contributed by atoms with Crippen molar-refractivity contribution in [2.75, 3.05) is 7.05 Å². The minimum atomic E-state index is -0.731. The molecule has 1 N–H and O–H groups in total. The van der Waals surface area contributed by atoms with Gasteiger partial charge in [-0.2, -0.15) is 0 Å². The Morgan fingerprint density at radius 3 is 2.58 bits per heavy atom. The van der Waals surface area contributed by atoms with Crippen molar-refractivity contribution in [3.63, 3.8) is 0 Å². The number of carboxylic acids is 1. The number of aliphatic carboxylic acids is 1. The lowest BCUT2D eigenvalue weighted by Crippen LogP contribution is -2.32. The summed E-state index contributed by atoms with van der Waals surface area (Å²) in [7, 11) is 1.94. The third-order valence-electron chi connectivity index (χ3n) is 4.45. The molecule has 2 aliphatic rings. The van der Waals surface area contributed by atoms with Crippen LogP contribution in [0.3, 0.4) is 0 Å². The number of hydrogen-bond acceptors (Lipinski definition) is 2. The SMILES string of the molecule is CN(C1CC1)C(C(=O)O)c1ccc2c(c1)CCCC2.